The molecule has 0 saturated carbocycles. The molecule has 0 aliphatic rings. The summed E-state index contributed by atoms with van der Waals surface area (Å²) in [5, 5.41) is 4.01. The Bertz CT molecular complexity index is 502. The highest BCUT2D eigenvalue weighted by Gasteiger charge is 2.31. The van der Waals surface area contributed by atoms with Crippen molar-refractivity contribution in [2.24, 2.45) is 7.05 Å². The number of hydrogen-bond donors (Lipinski definition) is 0. The predicted molar refractivity (Wildman–Crippen MR) is 51.4 cm³/mol. The highest BCUT2D eigenvalue weighted by molar-refractivity contribution is 5.58. The number of hydrogen-bond acceptors (Lipinski definition) is 2. The van der Waals surface area contributed by atoms with E-state index in [1.54, 1.807) is 19.3 Å². The molecular formula is C10H8F3N3. The van der Waals surface area contributed by atoms with Gasteiger partial charge in [0.15, 0.2) is 0 Å². The average Bonchev–Trinajstić information content (AvgIpc) is 2.64. The Labute approximate surface area is 89.5 Å². The van der Waals surface area contributed by atoms with Crippen molar-refractivity contribution in [2.75, 3.05) is 0 Å². The lowest BCUT2D eigenvalue weighted by Crippen LogP contribution is -2.05. The second-order valence-electron chi connectivity index (χ2n) is 3.33. The van der Waals surface area contributed by atoms with Crippen molar-refractivity contribution in [3.8, 4) is 11.3 Å². The highest BCUT2D eigenvalue weighted by atomic mass is 19.4. The number of pyridine rings is 1. The maximum atomic E-state index is 12.4. The largest absolute Gasteiger partial charge is 0.417 e. The van der Waals surface area contributed by atoms with Crippen LogP contribution in [0.4, 0.5) is 13.2 Å². The number of rotatable bonds is 1. The monoisotopic (exact) mass is 227 g/mol. The van der Waals surface area contributed by atoms with Crippen molar-refractivity contribution in [3.05, 3.63) is 36.3 Å². The third kappa shape index (κ3) is 2.05. The molecule has 2 heterocycles. The van der Waals surface area contributed by atoms with Gasteiger partial charge in [-0.3, -0.25) is 9.67 Å². The minimum absolute atomic E-state index is 0.357. The normalized spacial score (nSPS) is 11.8. The highest BCUT2D eigenvalue weighted by Crippen LogP contribution is 2.30. The fourth-order valence-corrected chi connectivity index (χ4v) is 1.30. The number of aryl methyl sites for hydroxylation is 1. The SMILES string of the molecule is Cn1ccc(-c2cncc(C(F)(F)F)c2)n1. The van der Waals surface area contributed by atoms with Crippen LogP contribution < -0.4 is 0 Å². The van der Waals surface area contributed by atoms with Gasteiger partial charge in [0, 0.05) is 31.2 Å². The van der Waals surface area contributed by atoms with Gasteiger partial charge in [0.25, 0.3) is 0 Å². The van der Waals surface area contributed by atoms with Crippen LogP contribution in [0.3, 0.4) is 0 Å². The Hall–Kier alpha value is -1.85. The number of aromatic nitrogens is 3. The Morgan fingerprint density at radius 3 is 2.56 bits per heavy atom. The lowest BCUT2D eigenvalue weighted by atomic mass is 10.1. The molecule has 0 aliphatic carbocycles. The van der Waals surface area contributed by atoms with E-state index in [-0.39, 0.29) is 0 Å². The van der Waals surface area contributed by atoms with E-state index in [2.05, 4.69) is 10.1 Å². The van der Waals surface area contributed by atoms with Crippen LogP contribution in [0.5, 0.6) is 0 Å². The first kappa shape index (κ1) is 10.7. The summed E-state index contributed by atoms with van der Waals surface area (Å²) >= 11 is 0. The van der Waals surface area contributed by atoms with Crippen molar-refractivity contribution in [1.29, 1.82) is 0 Å². The summed E-state index contributed by atoms with van der Waals surface area (Å²) in [5.41, 5.74) is 0.0622. The van der Waals surface area contributed by atoms with E-state index in [1.165, 1.54) is 10.9 Å². The van der Waals surface area contributed by atoms with Crippen molar-refractivity contribution in [1.82, 2.24) is 14.8 Å². The molecule has 0 aliphatic heterocycles. The molecule has 0 unspecified atom stereocenters. The van der Waals surface area contributed by atoms with E-state index >= 15 is 0 Å². The van der Waals surface area contributed by atoms with Gasteiger partial charge in [0.1, 0.15) is 0 Å². The molecule has 84 valence electrons. The molecule has 2 rings (SSSR count). The zero-order chi connectivity index (χ0) is 11.8. The Morgan fingerprint density at radius 1 is 1.25 bits per heavy atom. The number of alkyl halides is 3. The van der Waals surface area contributed by atoms with Gasteiger partial charge < -0.3 is 0 Å². The summed E-state index contributed by atoms with van der Waals surface area (Å²) < 4.78 is 38.8. The van der Waals surface area contributed by atoms with Gasteiger partial charge in [0.05, 0.1) is 11.3 Å². The van der Waals surface area contributed by atoms with Crippen molar-refractivity contribution in [2.45, 2.75) is 6.18 Å². The molecule has 0 atom stereocenters. The Kier molecular flexibility index (Phi) is 2.41. The first-order valence-corrected chi connectivity index (χ1v) is 4.49. The molecular weight excluding hydrogens is 219 g/mol. The summed E-state index contributed by atoms with van der Waals surface area (Å²) in [6.07, 6.45) is -0.558. The zero-order valence-electron chi connectivity index (χ0n) is 8.36. The van der Waals surface area contributed by atoms with Crippen LogP contribution >= 0.6 is 0 Å². The van der Waals surface area contributed by atoms with Gasteiger partial charge in [0.2, 0.25) is 0 Å². The molecule has 6 heteroatoms. The van der Waals surface area contributed by atoms with E-state index in [4.69, 9.17) is 0 Å². The molecule has 0 spiro atoms. The van der Waals surface area contributed by atoms with Gasteiger partial charge in [-0.2, -0.15) is 18.3 Å². The molecule has 0 amide bonds. The smallest absolute Gasteiger partial charge is 0.275 e. The van der Waals surface area contributed by atoms with E-state index in [0.29, 0.717) is 11.3 Å². The lowest BCUT2D eigenvalue weighted by Gasteiger charge is -2.06. The van der Waals surface area contributed by atoms with Gasteiger partial charge in [-0.1, -0.05) is 0 Å². The van der Waals surface area contributed by atoms with Crippen LogP contribution in [0.1, 0.15) is 5.56 Å². The summed E-state index contributed by atoms with van der Waals surface area (Å²) in [5.74, 6) is 0. The molecule has 0 N–H and O–H groups in total. The molecule has 16 heavy (non-hydrogen) atoms. The minimum atomic E-state index is -4.38. The Balaban J connectivity index is 2.44. The van der Waals surface area contributed by atoms with Gasteiger partial charge >= 0.3 is 6.18 Å². The van der Waals surface area contributed by atoms with Crippen LogP contribution in [0.15, 0.2) is 30.7 Å². The minimum Gasteiger partial charge on any atom is -0.275 e. The second-order valence-corrected chi connectivity index (χ2v) is 3.33. The molecule has 2 aromatic heterocycles. The van der Waals surface area contributed by atoms with Crippen LogP contribution in [0, 0.1) is 0 Å². The molecule has 0 aromatic carbocycles. The maximum absolute atomic E-state index is 12.4. The molecule has 0 fully saturated rings. The molecule has 3 nitrogen and oxygen atoms in total. The van der Waals surface area contributed by atoms with Crippen molar-refractivity contribution < 1.29 is 13.2 Å². The maximum Gasteiger partial charge on any atom is 0.417 e. The van der Waals surface area contributed by atoms with Crippen LogP contribution in [-0.2, 0) is 13.2 Å². The standard InChI is InChI=1S/C10H8F3N3/c1-16-3-2-9(15-16)7-4-8(6-14-5-7)10(11,12)13/h2-6H,1H3. The molecule has 2 aromatic rings. The first-order valence-electron chi connectivity index (χ1n) is 4.49. The summed E-state index contributed by atoms with van der Waals surface area (Å²) in [6, 6.07) is 2.67. The van der Waals surface area contributed by atoms with E-state index < -0.39 is 11.7 Å². The third-order valence-corrected chi connectivity index (χ3v) is 2.07. The summed E-state index contributed by atoms with van der Waals surface area (Å²) in [7, 11) is 1.70. The van der Waals surface area contributed by atoms with Crippen molar-refractivity contribution >= 4 is 0 Å². The lowest BCUT2D eigenvalue weighted by molar-refractivity contribution is -0.137. The third-order valence-electron chi connectivity index (χ3n) is 2.07. The topological polar surface area (TPSA) is 30.7 Å². The van der Waals surface area contributed by atoms with Crippen LogP contribution in [0.2, 0.25) is 0 Å². The molecule has 0 saturated heterocycles. The summed E-state index contributed by atoms with van der Waals surface area (Å²) in [4.78, 5) is 3.57. The number of halogens is 3. The van der Waals surface area contributed by atoms with Crippen LogP contribution in [0.25, 0.3) is 11.3 Å². The van der Waals surface area contributed by atoms with Crippen LogP contribution in [-0.4, -0.2) is 14.8 Å². The van der Waals surface area contributed by atoms with E-state index in [1.807, 2.05) is 0 Å². The van der Waals surface area contributed by atoms with Gasteiger partial charge in [-0.15, -0.1) is 0 Å². The van der Waals surface area contributed by atoms with E-state index in [9.17, 15) is 13.2 Å². The van der Waals surface area contributed by atoms with Gasteiger partial charge in [-0.05, 0) is 12.1 Å². The fraction of sp³-hybridized carbons (Fsp3) is 0.200. The zero-order valence-corrected chi connectivity index (χ0v) is 8.36. The first-order chi connectivity index (χ1) is 7.47. The molecule has 0 radical (unpaired) electrons. The Morgan fingerprint density at radius 2 is 2.00 bits per heavy atom. The summed E-state index contributed by atoms with van der Waals surface area (Å²) in [6.45, 7) is 0. The predicted octanol–water partition coefficient (Wildman–Crippen LogP) is 2.50. The second kappa shape index (κ2) is 3.62. The number of nitrogens with zero attached hydrogens (tertiary/aromatic N) is 3. The van der Waals surface area contributed by atoms with Gasteiger partial charge in [-0.25, -0.2) is 0 Å². The van der Waals surface area contributed by atoms with Crippen molar-refractivity contribution in [3.63, 3.8) is 0 Å². The van der Waals surface area contributed by atoms with E-state index in [0.717, 1.165) is 12.3 Å². The molecule has 0 bridgehead atoms. The quantitative estimate of drug-likeness (QED) is 0.749. The average molecular weight is 227 g/mol. The fourth-order valence-electron chi connectivity index (χ4n) is 1.30.